The highest BCUT2D eigenvalue weighted by Gasteiger charge is 2.16. The molecule has 0 saturated carbocycles. The SMILES string of the molecule is CCN(Cc1cccc(S(=O)(=O)[O-])c1)c1ccc(C(=C2C=CC(=[N+](C)C)C=C2)c2ccc(N(CC)Cc3cccc(S(=O)(=O)O)c3)cc2)cc1. The van der Waals surface area contributed by atoms with E-state index in [-0.39, 0.29) is 9.79 Å². The summed E-state index contributed by atoms with van der Waals surface area (Å²) in [6, 6.07) is 29.1. The standard InChI is InChI=1S/C39H41N3O6S2/c1-5-41(27-29-9-7-11-37(25-29)49(43,44)45)35-21-15-32(16-22-35)39(31-13-19-34(20-14-31)40(3)4)33-17-23-36(24-18-33)42(6-2)28-30-10-8-12-38(26-30)50(46,47)48/h7-26H,5-6,27-28H2,1-4H3,(H-,43,44,45,46,47,48). The molecule has 4 aromatic carbocycles. The molecule has 0 saturated heterocycles. The van der Waals surface area contributed by atoms with Crippen molar-refractivity contribution in [3.8, 4) is 0 Å². The summed E-state index contributed by atoms with van der Waals surface area (Å²) in [6.07, 6.45) is 8.41. The van der Waals surface area contributed by atoms with Gasteiger partial charge in [-0.25, -0.2) is 13.0 Å². The van der Waals surface area contributed by atoms with Crippen LogP contribution in [0.1, 0.15) is 36.1 Å². The van der Waals surface area contributed by atoms with Crippen LogP contribution in [-0.4, -0.2) is 63.4 Å². The van der Waals surface area contributed by atoms with Crippen molar-refractivity contribution in [1.29, 1.82) is 0 Å². The lowest BCUT2D eigenvalue weighted by atomic mass is 9.90. The molecule has 5 rings (SSSR count). The van der Waals surface area contributed by atoms with Crippen molar-refractivity contribution in [1.82, 2.24) is 0 Å². The first-order chi connectivity index (χ1) is 23.8. The number of anilines is 2. The maximum Gasteiger partial charge on any atom is 0.294 e. The zero-order chi connectivity index (χ0) is 36.1. The number of hydrogen-bond donors (Lipinski definition) is 1. The molecule has 0 amide bonds. The zero-order valence-electron chi connectivity index (χ0n) is 28.5. The minimum absolute atomic E-state index is 0.127. The van der Waals surface area contributed by atoms with Crippen molar-refractivity contribution in [2.45, 2.75) is 36.7 Å². The normalized spacial score (nSPS) is 13.0. The highest BCUT2D eigenvalue weighted by molar-refractivity contribution is 7.86. The van der Waals surface area contributed by atoms with Crippen LogP contribution in [0.4, 0.5) is 11.4 Å². The molecule has 0 spiro atoms. The van der Waals surface area contributed by atoms with Crippen LogP contribution in [0.25, 0.3) is 5.57 Å². The summed E-state index contributed by atoms with van der Waals surface area (Å²) in [7, 11) is -4.83. The molecular formula is C39H41N3O6S2. The van der Waals surface area contributed by atoms with Gasteiger partial charge in [-0.2, -0.15) is 8.42 Å². The van der Waals surface area contributed by atoms with Gasteiger partial charge >= 0.3 is 0 Å². The molecule has 0 aliphatic heterocycles. The fourth-order valence-electron chi connectivity index (χ4n) is 5.92. The number of allylic oxidation sites excluding steroid dienone is 5. The van der Waals surface area contributed by atoms with Gasteiger partial charge in [0.05, 0.1) is 9.79 Å². The van der Waals surface area contributed by atoms with E-state index < -0.39 is 20.2 Å². The highest BCUT2D eigenvalue weighted by Crippen LogP contribution is 2.33. The summed E-state index contributed by atoms with van der Waals surface area (Å²) in [5, 5.41) is 0. The van der Waals surface area contributed by atoms with Crippen molar-refractivity contribution in [3.63, 3.8) is 0 Å². The van der Waals surface area contributed by atoms with E-state index in [1.165, 1.54) is 24.3 Å². The molecule has 0 fully saturated rings. The molecule has 0 unspecified atom stereocenters. The van der Waals surface area contributed by atoms with E-state index in [0.29, 0.717) is 26.2 Å². The third-order valence-electron chi connectivity index (χ3n) is 8.61. The molecule has 0 atom stereocenters. The van der Waals surface area contributed by atoms with Gasteiger partial charge in [-0.15, -0.1) is 0 Å². The average Bonchev–Trinajstić information content (AvgIpc) is 3.10. The highest BCUT2D eigenvalue weighted by atomic mass is 32.2. The maximum absolute atomic E-state index is 11.7. The van der Waals surface area contributed by atoms with E-state index in [1.54, 1.807) is 12.1 Å². The van der Waals surface area contributed by atoms with Crippen LogP contribution >= 0.6 is 0 Å². The predicted octanol–water partition coefficient (Wildman–Crippen LogP) is 6.53. The molecular weight excluding hydrogens is 671 g/mol. The Morgan fingerprint density at radius 1 is 0.660 bits per heavy atom. The summed E-state index contributed by atoms with van der Waals surface area (Å²) in [5.74, 6) is 0. The van der Waals surface area contributed by atoms with Crippen molar-refractivity contribution in [2.24, 2.45) is 0 Å². The van der Waals surface area contributed by atoms with E-state index in [9.17, 15) is 25.9 Å². The second-order valence-electron chi connectivity index (χ2n) is 12.2. The Hall–Kier alpha value is -4.81. The van der Waals surface area contributed by atoms with Crippen LogP contribution in [0.3, 0.4) is 0 Å². The molecule has 1 N–H and O–H groups in total. The number of hydrogen-bond acceptors (Lipinski definition) is 7. The molecule has 50 heavy (non-hydrogen) atoms. The van der Waals surface area contributed by atoms with Crippen LogP contribution < -0.4 is 9.80 Å². The third kappa shape index (κ3) is 8.85. The molecule has 1 aliphatic rings. The van der Waals surface area contributed by atoms with Crippen LogP contribution in [-0.2, 0) is 33.3 Å². The first-order valence-corrected chi connectivity index (χ1v) is 19.1. The fraction of sp³-hybridized carbons (Fsp3) is 0.205. The smallest absolute Gasteiger partial charge is 0.294 e. The van der Waals surface area contributed by atoms with Gasteiger partial charge in [0.25, 0.3) is 10.1 Å². The predicted molar refractivity (Wildman–Crippen MR) is 198 cm³/mol. The zero-order valence-corrected chi connectivity index (χ0v) is 30.2. The Morgan fingerprint density at radius 2 is 1.10 bits per heavy atom. The molecule has 260 valence electrons. The van der Waals surface area contributed by atoms with E-state index >= 15 is 0 Å². The second kappa shape index (κ2) is 15.4. The van der Waals surface area contributed by atoms with Crippen LogP contribution in [0.2, 0.25) is 0 Å². The Morgan fingerprint density at radius 3 is 1.50 bits per heavy atom. The van der Waals surface area contributed by atoms with Crippen LogP contribution in [0.15, 0.2) is 137 Å². The van der Waals surface area contributed by atoms with Gasteiger partial charge in [-0.05, 0) is 108 Å². The molecule has 0 bridgehead atoms. The van der Waals surface area contributed by atoms with Gasteiger partial charge < -0.3 is 14.4 Å². The second-order valence-corrected chi connectivity index (χ2v) is 15.0. The van der Waals surface area contributed by atoms with Gasteiger partial charge in [0, 0.05) is 49.7 Å². The Kier molecular flexibility index (Phi) is 11.2. The third-order valence-corrected chi connectivity index (χ3v) is 10.3. The molecule has 9 nitrogen and oxygen atoms in total. The Labute approximate surface area is 295 Å². The topological polar surface area (TPSA) is 121 Å². The quantitative estimate of drug-likeness (QED) is 0.130. The van der Waals surface area contributed by atoms with Gasteiger partial charge in [0.15, 0.2) is 5.71 Å². The van der Waals surface area contributed by atoms with Gasteiger partial charge in [-0.1, -0.05) is 48.5 Å². The molecule has 0 heterocycles. The lowest BCUT2D eigenvalue weighted by Crippen LogP contribution is -2.22. The monoisotopic (exact) mass is 711 g/mol. The minimum atomic E-state index is -4.54. The van der Waals surface area contributed by atoms with E-state index in [4.69, 9.17) is 0 Å². The summed E-state index contributed by atoms with van der Waals surface area (Å²) in [5.41, 5.74) is 8.65. The van der Waals surface area contributed by atoms with Gasteiger partial charge in [-0.3, -0.25) is 4.55 Å². The molecule has 1 aliphatic carbocycles. The largest absolute Gasteiger partial charge is 0.744 e. The fourth-order valence-corrected chi connectivity index (χ4v) is 7.01. The summed E-state index contributed by atoms with van der Waals surface area (Å²) < 4.78 is 69.7. The Bertz CT molecular complexity index is 2050. The first-order valence-electron chi connectivity index (χ1n) is 16.2. The van der Waals surface area contributed by atoms with E-state index in [2.05, 4.69) is 87.2 Å². The van der Waals surface area contributed by atoms with Crippen LogP contribution in [0.5, 0.6) is 0 Å². The lowest BCUT2D eigenvalue weighted by molar-refractivity contribution is -0.462. The molecule has 4 aromatic rings. The average molecular weight is 712 g/mol. The minimum Gasteiger partial charge on any atom is -0.744 e. The summed E-state index contributed by atoms with van der Waals surface area (Å²) >= 11 is 0. The van der Waals surface area contributed by atoms with Gasteiger partial charge in [0.2, 0.25) is 0 Å². The van der Waals surface area contributed by atoms with Crippen LogP contribution in [0, 0.1) is 0 Å². The number of nitrogens with zero attached hydrogens (tertiary/aromatic N) is 3. The lowest BCUT2D eigenvalue weighted by Gasteiger charge is -2.25. The Balaban J connectivity index is 1.46. The number of benzene rings is 4. The maximum atomic E-state index is 11.7. The van der Waals surface area contributed by atoms with Crippen molar-refractivity contribution >= 4 is 42.9 Å². The van der Waals surface area contributed by atoms with Gasteiger partial charge in [0.1, 0.15) is 24.2 Å². The molecule has 11 heteroatoms. The van der Waals surface area contributed by atoms with E-state index in [1.807, 2.05) is 40.1 Å². The van der Waals surface area contributed by atoms with Crippen molar-refractivity contribution < 1.29 is 30.5 Å². The first kappa shape index (κ1) is 36.5. The molecule has 0 radical (unpaired) electrons. The van der Waals surface area contributed by atoms with E-state index in [0.717, 1.165) is 50.5 Å². The summed E-state index contributed by atoms with van der Waals surface area (Å²) in [6.45, 7) is 6.33. The summed E-state index contributed by atoms with van der Waals surface area (Å²) in [4.78, 5) is 3.89. The van der Waals surface area contributed by atoms with Crippen molar-refractivity contribution in [3.05, 3.63) is 149 Å². The molecule has 0 aromatic heterocycles. The number of rotatable bonds is 12. The van der Waals surface area contributed by atoms with Crippen molar-refractivity contribution in [2.75, 3.05) is 37.0 Å².